The maximum atomic E-state index is 12.6. The van der Waals surface area contributed by atoms with E-state index in [1.807, 2.05) is 17.0 Å². The van der Waals surface area contributed by atoms with E-state index in [1.54, 1.807) is 31.1 Å². The first kappa shape index (κ1) is 17.3. The molecule has 0 aromatic carbocycles. The number of pyridine rings is 1. The molecule has 1 aromatic heterocycles. The highest BCUT2D eigenvalue weighted by atomic mass is 32.2. The van der Waals surface area contributed by atoms with Gasteiger partial charge in [0, 0.05) is 31.6 Å². The van der Waals surface area contributed by atoms with Crippen LogP contribution in [-0.2, 0) is 16.1 Å². The summed E-state index contributed by atoms with van der Waals surface area (Å²) in [6.45, 7) is 2.06. The summed E-state index contributed by atoms with van der Waals surface area (Å²) < 4.78 is 0. The number of rotatable bonds is 4. The Hall–Kier alpha value is -1.56. The first-order valence-corrected chi connectivity index (χ1v) is 9.79. The van der Waals surface area contributed by atoms with Crippen molar-refractivity contribution in [3.63, 3.8) is 0 Å². The van der Waals surface area contributed by atoms with Crippen LogP contribution in [0.4, 0.5) is 0 Å². The summed E-state index contributed by atoms with van der Waals surface area (Å²) in [5.41, 5.74) is 1.02. The Balaban J connectivity index is 1.63. The number of aromatic nitrogens is 1. The van der Waals surface area contributed by atoms with E-state index in [4.69, 9.17) is 0 Å². The number of hydrogen-bond donors (Lipinski definition) is 1. The summed E-state index contributed by atoms with van der Waals surface area (Å²) in [7, 11) is 0. The van der Waals surface area contributed by atoms with Gasteiger partial charge < -0.3 is 10.2 Å². The van der Waals surface area contributed by atoms with Gasteiger partial charge in [0.05, 0.1) is 5.37 Å². The van der Waals surface area contributed by atoms with E-state index in [1.165, 1.54) is 32.1 Å². The Bertz CT molecular complexity index is 575. The minimum absolute atomic E-state index is 0.0136. The molecule has 0 radical (unpaired) electrons. The summed E-state index contributed by atoms with van der Waals surface area (Å²) in [5.74, 6) is 1.20. The molecule has 0 bridgehead atoms. The minimum Gasteiger partial charge on any atom is -0.350 e. The third-order valence-electron chi connectivity index (χ3n) is 4.97. The fourth-order valence-corrected chi connectivity index (χ4v) is 5.41. The molecule has 0 spiro atoms. The molecule has 2 unspecified atom stereocenters. The number of thioether (sulfide) groups is 1. The van der Waals surface area contributed by atoms with Gasteiger partial charge in [-0.3, -0.25) is 14.6 Å². The highest BCUT2D eigenvalue weighted by Gasteiger charge is 2.43. The summed E-state index contributed by atoms with van der Waals surface area (Å²) in [5, 5.41) is 3.14. The number of carbonyl (C=O) groups is 2. The standard InChI is InChI=1S/C18H25N3O2S/c1-13(22)21-16(12-24-18(21)15-5-3-2-4-6-15)17(23)20-11-14-7-9-19-10-8-14/h7-10,15-16,18H,2-6,11-12H2,1H3,(H,20,23). The van der Waals surface area contributed by atoms with Gasteiger partial charge in [-0.05, 0) is 36.5 Å². The lowest BCUT2D eigenvalue weighted by atomic mass is 9.88. The van der Waals surface area contributed by atoms with Crippen LogP contribution in [0.5, 0.6) is 0 Å². The zero-order valence-electron chi connectivity index (χ0n) is 14.1. The number of amides is 2. The van der Waals surface area contributed by atoms with Crippen molar-refractivity contribution in [3.8, 4) is 0 Å². The lowest BCUT2D eigenvalue weighted by Crippen LogP contribution is -2.50. The Morgan fingerprint density at radius 3 is 2.62 bits per heavy atom. The summed E-state index contributed by atoms with van der Waals surface area (Å²) in [6.07, 6.45) is 9.56. The predicted octanol–water partition coefficient (Wildman–Crippen LogP) is 2.57. The van der Waals surface area contributed by atoms with Crippen molar-refractivity contribution in [2.45, 2.75) is 57.0 Å². The van der Waals surface area contributed by atoms with Crippen LogP contribution >= 0.6 is 11.8 Å². The third-order valence-corrected chi connectivity index (χ3v) is 6.43. The van der Waals surface area contributed by atoms with Gasteiger partial charge in [0.2, 0.25) is 11.8 Å². The molecule has 2 amide bonds. The van der Waals surface area contributed by atoms with Crippen LogP contribution in [0.3, 0.4) is 0 Å². The van der Waals surface area contributed by atoms with Gasteiger partial charge in [0.25, 0.3) is 0 Å². The van der Waals surface area contributed by atoms with Crippen LogP contribution in [0.25, 0.3) is 0 Å². The van der Waals surface area contributed by atoms with Gasteiger partial charge in [0.1, 0.15) is 6.04 Å². The van der Waals surface area contributed by atoms with Gasteiger partial charge in [-0.15, -0.1) is 11.8 Å². The number of nitrogens with zero attached hydrogens (tertiary/aromatic N) is 2. The smallest absolute Gasteiger partial charge is 0.243 e. The molecule has 2 atom stereocenters. The molecule has 2 fully saturated rings. The average Bonchev–Trinajstić information content (AvgIpc) is 3.07. The molecule has 1 N–H and O–H groups in total. The van der Waals surface area contributed by atoms with Crippen molar-refractivity contribution in [1.29, 1.82) is 0 Å². The molecule has 3 rings (SSSR count). The largest absolute Gasteiger partial charge is 0.350 e. The molecule has 130 valence electrons. The van der Waals surface area contributed by atoms with Crippen LogP contribution in [-0.4, -0.2) is 38.9 Å². The topological polar surface area (TPSA) is 62.3 Å². The van der Waals surface area contributed by atoms with Gasteiger partial charge >= 0.3 is 0 Å². The molecule has 1 saturated heterocycles. The van der Waals surface area contributed by atoms with Crippen molar-refractivity contribution in [2.24, 2.45) is 5.92 Å². The van der Waals surface area contributed by atoms with E-state index in [-0.39, 0.29) is 23.2 Å². The molecule has 2 heterocycles. The molecule has 1 aliphatic heterocycles. The van der Waals surface area contributed by atoms with Gasteiger partial charge in [0.15, 0.2) is 0 Å². The van der Waals surface area contributed by atoms with Crippen molar-refractivity contribution < 1.29 is 9.59 Å². The molecular weight excluding hydrogens is 322 g/mol. The molecule has 2 aliphatic rings. The van der Waals surface area contributed by atoms with Crippen molar-refractivity contribution in [3.05, 3.63) is 30.1 Å². The van der Waals surface area contributed by atoms with E-state index < -0.39 is 0 Å². The predicted molar refractivity (Wildman–Crippen MR) is 95.2 cm³/mol. The quantitative estimate of drug-likeness (QED) is 0.909. The zero-order valence-corrected chi connectivity index (χ0v) is 14.9. The van der Waals surface area contributed by atoms with Crippen molar-refractivity contribution in [1.82, 2.24) is 15.2 Å². The molecule has 24 heavy (non-hydrogen) atoms. The van der Waals surface area contributed by atoms with Crippen LogP contribution in [0, 0.1) is 5.92 Å². The van der Waals surface area contributed by atoms with E-state index in [2.05, 4.69) is 10.3 Å². The third kappa shape index (κ3) is 3.91. The van der Waals surface area contributed by atoms with Crippen LogP contribution in [0.15, 0.2) is 24.5 Å². The van der Waals surface area contributed by atoms with E-state index in [0.29, 0.717) is 18.2 Å². The second-order valence-corrected chi connectivity index (χ2v) is 7.79. The Labute approximate surface area is 147 Å². The van der Waals surface area contributed by atoms with Crippen molar-refractivity contribution >= 4 is 23.6 Å². The summed E-state index contributed by atoms with van der Waals surface area (Å²) >= 11 is 1.78. The van der Waals surface area contributed by atoms with Crippen LogP contribution in [0.2, 0.25) is 0 Å². The first-order chi connectivity index (χ1) is 11.7. The molecule has 1 aromatic rings. The number of hydrogen-bond acceptors (Lipinski definition) is 4. The number of carbonyl (C=O) groups excluding carboxylic acids is 2. The van der Waals surface area contributed by atoms with Crippen molar-refractivity contribution in [2.75, 3.05) is 5.75 Å². The molecular formula is C18H25N3O2S. The van der Waals surface area contributed by atoms with Crippen LogP contribution in [0.1, 0.15) is 44.6 Å². The monoisotopic (exact) mass is 347 g/mol. The second-order valence-electron chi connectivity index (χ2n) is 6.64. The van der Waals surface area contributed by atoms with Gasteiger partial charge in [-0.2, -0.15) is 0 Å². The maximum absolute atomic E-state index is 12.6. The fraction of sp³-hybridized carbons (Fsp3) is 0.611. The molecule has 1 aliphatic carbocycles. The van der Waals surface area contributed by atoms with E-state index in [9.17, 15) is 9.59 Å². The highest BCUT2D eigenvalue weighted by molar-refractivity contribution is 8.00. The SMILES string of the molecule is CC(=O)N1C(C(=O)NCc2ccncc2)CSC1C1CCCCC1. The zero-order chi connectivity index (χ0) is 16.9. The summed E-state index contributed by atoms with van der Waals surface area (Å²) in [6, 6.07) is 3.43. The summed E-state index contributed by atoms with van der Waals surface area (Å²) in [4.78, 5) is 30.7. The average molecular weight is 347 g/mol. The lowest BCUT2D eigenvalue weighted by Gasteiger charge is -2.34. The highest BCUT2D eigenvalue weighted by Crippen LogP contribution is 2.40. The van der Waals surface area contributed by atoms with Gasteiger partial charge in [-0.1, -0.05) is 19.3 Å². The Kier molecular flexibility index (Phi) is 5.76. The second kappa shape index (κ2) is 8.01. The van der Waals surface area contributed by atoms with E-state index >= 15 is 0 Å². The normalized spacial score (nSPS) is 24.8. The van der Waals surface area contributed by atoms with Crippen LogP contribution < -0.4 is 5.32 Å². The fourth-order valence-electron chi connectivity index (χ4n) is 3.72. The lowest BCUT2D eigenvalue weighted by molar-refractivity contribution is -0.139. The first-order valence-electron chi connectivity index (χ1n) is 8.74. The Morgan fingerprint density at radius 1 is 1.25 bits per heavy atom. The minimum atomic E-state index is -0.346. The Morgan fingerprint density at radius 2 is 1.96 bits per heavy atom. The number of nitrogens with one attached hydrogen (secondary N) is 1. The molecule has 6 heteroatoms. The maximum Gasteiger partial charge on any atom is 0.243 e. The molecule has 1 saturated carbocycles. The van der Waals surface area contributed by atoms with E-state index in [0.717, 1.165) is 5.56 Å². The molecule has 5 nitrogen and oxygen atoms in total. The van der Waals surface area contributed by atoms with Gasteiger partial charge in [-0.25, -0.2) is 0 Å².